The fourth-order valence-corrected chi connectivity index (χ4v) is 3.14. The first-order chi connectivity index (χ1) is 13.5. The van der Waals surface area contributed by atoms with Crippen molar-refractivity contribution < 1.29 is 18.7 Å². The van der Waals surface area contributed by atoms with Gasteiger partial charge in [-0.2, -0.15) is 5.10 Å². The zero-order valence-corrected chi connectivity index (χ0v) is 16.1. The third kappa shape index (κ3) is 4.61. The van der Waals surface area contributed by atoms with Crippen LogP contribution in [0.25, 0.3) is 5.82 Å². The molecule has 28 heavy (non-hydrogen) atoms. The standard InChI is InChI=1S/C19H17FN4O3S/c1-3-27-19(26)15-9-24(23-12(15)2)17-8-18(22-11-21-17)28-10-16(25)13-4-6-14(20)7-5-13/h4-9,11H,3,10H2,1-2H3. The molecular weight excluding hydrogens is 383 g/mol. The summed E-state index contributed by atoms with van der Waals surface area (Å²) in [6.07, 6.45) is 2.91. The quantitative estimate of drug-likeness (QED) is 0.260. The van der Waals surface area contributed by atoms with E-state index in [0.29, 0.717) is 27.7 Å². The number of rotatable bonds is 7. The molecular formula is C19H17FN4O3S. The molecule has 0 spiro atoms. The fourth-order valence-electron chi connectivity index (χ4n) is 2.38. The number of aryl methyl sites for hydroxylation is 1. The van der Waals surface area contributed by atoms with E-state index in [1.54, 1.807) is 26.1 Å². The van der Waals surface area contributed by atoms with E-state index in [2.05, 4.69) is 15.1 Å². The van der Waals surface area contributed by atoms with Gasteiger partial charge in [-0.1, -0.05) is 11.8 Å². The van der Waals surface area contributed by atoms with Crippen molar-refractivity contribution in [2.45, 2.75) is 18.9 Å². The molecule has 0 saturated carbocycles. The van der Waals surface area contributed by atoms with Crippen molar-refractivity contribution in [2.75, 3.05) is 12.4 Å². The van der Waals surface area contributed by atoms with Gasteiger partial charge in [0.05, 0.1) is 18.1 Å². The summed E-state index contributed by atoms with van der Waals surface area (Å²) < 4.78 is 19.4. The van der Waals surface area contributed by atoms with E-state index in [9.17, 15) is 14.0 Å². The van der Waals surface area contributed by atoms with Crippen LogP contribution in [-0.4, -0.2) is 43.9 Å². The minimum Gasteiger partial charge on any atom is -0.462 e. The summed E-state index contributed by atoms with van der Waals surface area (Å²) in [6, 6.07) is 7.08. The van der Waals surface area contributed by atoms with Crippen molar-refractivity contribution >= 4 is 23.5 Å². The molecule has 3 rings (SSSR count). The SMILES string of the molecule is CCOC(=O)c1cn(-c2cc(SCC(=O)c3ccc(F)cc3)ncn2)nc1C. The van der Waals surface area contributed by atoms with E-state index >= 15 is 0 Å². The first-order valence-electron chi connectivity index (χ1n) is 8.45. The molecule has 0 saturated heterocycles. The van der Waals surface area contributed by atoms with E-state index < -0.39 is 5.97 Å². The van der Waals surface area contributed by atoms with Crippen LogP contribution in [0.3, 0.4) is 0 Å². The lowest BCUT2D eigenvalue weighted by molar-refractivity contribution is 0.0525. The predicted molar refractivity (Wildman–Crippen MR) is 101 cm³/mol. The van der Waals surface area contributed by atoms with Gasteiger partial charge in [0.1, 0.15) is 22.7 Å². The van der Waals surface area contributed by atoms with Crippen molar-refractivity contribution in [1.82, 2.24) is 19.7 Å². The van der Waals surface area contributed by atoms with E-state index in [-0.39, 0.29) is 24.0 Å². The van der Waals surface area contributed by atoms with E-state index in [0.717, 1.165) is 0 Å². The number of ketones is 1. The summed E-state index contributed by atoms with van der Waals surface area (Å²) in [6.45, 7) is 3.72. The highest BCUT2D eigenvalue weighted by atomic mass is 32.2. The van der Waals surface area contributed by atoms with E-state index in [1.807, 2.05) is 0 Å². The van der Waals surface area contributed by atoms with Crippen LogP contribution in [0, 0.1) is 12.7 Å². The summed E-state index contributed by atoms with van der Waals surface area (Å²) >= 11 is 1.23. The molecule has 3 aromatic rings. The molecule has 0 unspecified atom stereocenters. The number of esters is 1. The van der Waals surface area contributed by atoms with Gasteiger partial charge >= 0.3 is 5.97 Å². The Morgan fingerprint density at radius 1 is 1.21 bits per heavy atom. The average molecular weight is 400 g/mol. The Labute approximate surface area is 165 Å². The van der Waals surface area contributed by atoms with Crippen LogP contribution in [0.2, 0.25) is 0 Å². The lowest BCUT2D eigenvalue weighted by atomic mass is 10.1. The highest BCUT2D eigenvalue weighted by molar-refractivity contribution is 7.99. The van der Waals surface area contributed by atoms with Crippen molar-refractivity contribution in [2.24, 2.45) is 0 Å². The topological polar surface area (TPSA) is 87.0 Å². The van der Waals surface area contributed by atoms with E-state index in [1.165, 1.54) is 47.0 Å². The molecule has 1 aromatic carbocycles. The highest BCUT2D eigenvalue weighted by Crippen LogP contribution is 2.19. The first kappa shape index (κ1) is 19.7. The monoisotopic (exact) mass is 400 g/mol. The van der Waals surface area contributed by atoms with Crippen molar-refractivity contribution in [3.63, 3.8) is 0 Å². The number of carbonyl (C=O) groups is 2. The number of benzene rings is 1. The van der Waals surface area contributed by atoms with Crippen LogP contribution in [0.4, 0.5) is 4.39 Å². The Kier molecular flexibility index (Phi) is 6.15. The summed E-state index contributed by atoms with van der Waals surface area (Å²) in [5.41, 5.74) is 1.32. The molecule has 0 aliphatic rings. The van der Waals surface area contributed by atoms with Crippen molar-refractivity contribution in [3.05, 3.63) is 65.5 Å². The zero-order chi connectivity index (χ0) is 20.1. The molecule has 0 bridgehead atoms. The molecule has 0 fully saturated rings. The average Bonchev–Trinajstić information content (AvgIpc) is 3.09. The van der Waals surface area contributed by atoms with Crippen LogP contribution in [-0.2, 0) is 4.74 Å². The molecule has 2 aromatic heterocycles. The maximum absolute atomic E-state index is 13.0. The van der Waals surface area contributed by atoms with Gasteiger partial charge in [-0.25, -0.2) is 23.8 Å². The zero-order valence-electron chi connectivity index (χ0n) is 15.3. The number of halogens is 1. The van der Waals surface area contributed by atoms with Gasteiger partial charge in [-0.05, 0) is 38.1 Å². The second-order valence-electron chi connectivity index (χ2n) is 5.73. The molecule has 0 amide bonds. The minimum absolute atomic E-state index is 0.135. The molecule has 0 radical (unpaired) electrons. The minimum atomic E-state index is -0.445. The van der Waals surface area contributed by atoms with Gasteiger partial charge in [0.25, 0.3) is 0 Å². The first-order valence-corrected chi connectivity index (χ1v) is 9.44. The number of thioether (sulfide) groups is 1. The molecule has 0 aliphatic carbocycles. The number of hydrogen-bond donors (Lipinski definition) is 0. The molecule has 2 heterocycles. The highest BCUT2D eigenvalue weighted by Gasteiger charge is 2.16. The number of hydrogen-bond acceptors (Lipinski definition) is 7. The molecule has 0 atom stereocenters. The van der Waals surface area contributed by atoms with Crippen LogP contribution >= 0.6 is 11.8 Å². The van der Waals surface area contributed by atoms with Gasteiger partial charge in [0.2, 0.25) is 0 Å². The largest absolute Gasteiger partial charge is 0.462 e. The van der Waals surface area contributed by atoms with Crippen LogP contribution in [0.15, 0.2) is 47.9 Å². The Morgan fingerprint density at radius 3 is 2.68 bits per heavy atom. The van der Waals surface area contributed by atoms with Gasteiger partial charge < -0.3 is 4.74 Å². The third-order valence-electron chi connectivity index (χ3n) is 3.77. The van der Waals surface area contributed by atoms with Crippen LogP contribution < -0.4 is 0 Å². The second-order valence-corrected chi connectivity index (χ2v) is 6.72. The third-order valence-corrected chi connectivity index (χ3v) is 4.70. The van der Waals surface area contributed by atoms with Crippen LogP contribution in [0.1, 0.15) is 33.3 Å². The van der Waals surface area contributed by atoms with Crippen molar-refractivity contribution in [1.29, 1.82) is 0 Å². The van der Waals surface area contributed by atoms with Gasteiger partial charge in [0, 0.05) is 17.8 Å². The lowest BCUT2D eigenvalue weighted by Gasteiger charge is -2.04. The Morgan fingerprint density at radius 2 is 1.96 bits per heavy atom. The maximum atomic E-state index is 13.0. The number of carbonyl (C=O) groups excluding carboxylic acids is 2. The summed E-state index contributed by atoms with van der Waals surface area (Å²) in [5.74, 6) is -0.356. The molecule has 0 N–H and O–H groups in total. The van der Waals surface area contributed by atoms with E-state index in [4.69, 9.17) is 4.74 Å². The number of aromatic nitrogens is 4. The normalized spacial score (nSPS) is 10.7. The molecule has 7 nitrogen and oxygen atoms in total. The lowest BCUT2D eigenvalue weighted by Crippen LogP contribution is -2.05. The number of Topliss-reactive ketones (excluding diaryl/α,β-unsaturated/α-hetero) is 1. The fraction of sp³-hybridized carbons (Fsp3) is 0.211. The number of ether oxygens (including phenoxy) is 1. The van der Waals surface area contributed by atoms with Gasteiger partial charge in [-0.3, -0.25) is 4.79 Å². The van der Waals surface area contributed by atoms with Crippen LogP contribution in [0.5, 0.6) is 0 Å². The van der Waals surface area contributed by atoms with Crippen molar-refractivity contribution in [3.8, 4) is 5.82 Å². The molecule has 144 valence electrons. The smallest absolute Gasteiger partial charge is 0.341 e. The Balaban J connectivity index is 1.72. The Hall–Kier alpha value is -3.07. The Bertz CT molecular complexity index is 1000. The van der Waals surface area contributed by atoms with Gasteiger partial charge in [0.15, 0.2) is 11.6 Å². The predicted octanol–water partition coefficient (Wildman–Crippen LogP) is 3.26. The molecule has 9 heteroatoms. The summed E-state index contributed by atoms with van der Waals surface area (Å²) in [4.78, 5) is 32.5. The second kappa shape index (κ2) is 8.75. The molecule has 0 aliphatic heterocycles. The number of nitrogens with zero attached hydrogens (tertiary/aromatic N) is 4. The maximum Gasteiger partial charge on any atom is 0.341 e. The summed E-state index contributed by atoms with van der Waals surface area (Å²) in [5, 5.41) is 4.87. The summed E-state index contributed by atoms with van der Waals surface area (Å²) in [7, 11) is 0. The van der Waals surface area contributed by atoms with Gasteiger partial charge in [-0.15, -0.1) is 0 Å².